The van der Waals surface area contributed by atoms with E-state index in [2.05, 4.69) is 28.2 Å². The molecule has 4 rings (SSSR count). The minimum absolute atomic E-state index is 0.109. The van der Waals surface area contributed by atoms with Gasteiger partial charge in [0.1, 0.15) is 6.04 Å². The molecule has 3 aromatic rings. The summed E-state index contributed by atoms with van der Waals surface area (Å²) in [7, 11) is -3.56. The number of carbonyl (C=O) groups is 2. The lowest BCUT2D eigenvalue weighted by molar-refractivity contribution is -0.141. The first-order valence-electron chi connectivity index (χ1n) is 15.6. The molecule has 1 aliphatic rings. The van der Waals surface area contributed by atoms with Crippen molar-refractivity contribution in [3.63, 3.8) is 0 Å². The van der Waals surface area contributed by atoms with Crippen molar-refractivity contribution in [1.29, 1.82) is 0 Å². The highest BCUT2D eigenvalue weighted by Gasteiger charge is 2.32. The number of nitrogens with one attached hydrogen (secondary N) is 1. The summed E-state index contributed by atoms with van der Waals surface area (Å²) in [5.41, 5.74) is 3.59. The molecular weight excluding hydrogens is 638 g/mol. The summed E-state index contributed by atoms with van der Waals surface area (Å²) in [6.45, 7) is 2.49. The van der Waals surface area contributed by atoms with Gasteiger partial charge in [0.25, 0.3) is 0 Å². The smallest absolute Gasteiger partial charge is 0.243 e. The monoisotopic (exact) mass is 681 g/mol. The van der Waals surface area contributed by atoms with Crippen LogP contribution in [0.15, 0.2) is 83.3 Å². The molecule has 0 saturated heterocycles. The van der Waals surface area contributed by atoms with Gasteiger partial charge in [-0.1, -0.05) is 96.7 Å². The van der Waals surface area contributed by atoms with Crippen molar-refractivity contribution in [2.24, 2.45) is 0 Å². The minimum atomic E-state index is -3.56. The zero-order valence-electron chi connectivity index (χ0n) is 25.8. The summed E-state index contributed by atoms with van der Waals surface area (Å²) >= 11 is 3.48. The fourth-order valence-corrected chi connectivity index (χ4v) is 7.02. The van der Waals surface area contributed by atoms with E-state index in [0.29, 0.717) is 18.5 Å². The highest BCUT2D eigenvalue weighted by molar-refractivity contribution is 9.10. The maximum Gasteiger partial charge on any atom is 0.243 e. The third kappa shape index (κ3) is 9.92. The molecule has 0 bridgehead atoms. The van der Waals surface area contributed by atoms with Crippen molar-refractivity contribution in [1.82, 2.24) is 10.2 Å². The van der Waals surface area contributed by atoms with Crippen molar-refractivity contribution in [2.75, 3.05) is 17.1 Å². The summed E-state index contributed by atoms with van der Waals surface area (Å²) in [5.74, 6) is -0.317. The normalized spacial score (nSPS) is 14.5. The van der Waals surface area contributed by atoms with E-state index in [9.17, 15) is 18.0 Å². The Morgan fingerprint density at radius 2 is 1.52 bits per heavy atom. The Morgan fingerprint density at radius 1 is 0.886 bits per heavy atom. The van der Waals surface area contributed by atoms with Crippen molar-refractivity contribution in [3.8, 4) is 0 Å². The van der Waals surface area contributed by atoms with Gasteiger partial charge in [0.05, 0.1) is 11.9 Å². The molecule has 44 heavy (non-hydrogen) atoms. The molecule has 236 valence electrons. The van der Waals surface area contributed by atoms with Gasteiger partial charge >= 0.3 is 0 Å². The maximum absolute atomic E-state index is 14.1. The van der Waals surface area contributed by atoms with E-state index in [4.69, 9.17) is 0 Å². The van der Waals surface area contributed by atoms with Gasteiger partial charge in [0, 0.05) is 36.4 Å². The highest BCUT2D eigenvalue weighted by Crippen LogP contribution is 2.23. The number of amides is 2. The summed E-state index contributed by atoms with van der Waals surface area (Å²) in [5, 5.41) is 3.27. The Bertz CT molecular complexity index is 1460. The molecule has 3 aromatic carbocycles. The van der Waals surface area contributed by atoms with Crippen molar-refractivity contribution >= 4 is 43.5 Å². The van der Waals surface area contributed by atoms with Gasteiger partial charge in [-0.05, 0) is 66.6 Å². The second-order valence-electron chi connectivity index (χ2n) is 11.7. The molecule has 1 aliphatic carbocycles. The molecule has 1 N–H and O–H groups in total. The number of aryl methyl sites for hydroxylation is 1. The predicted octanol–water partition coefficient (Wildman–Crippen LogP) is 6.65. The molecular formula is C35H44BrN3O4S. The Kier molecular flexibility index (Phi) is 12.4. The number of benzene rings is 3. The Labute approximate surface area is 271 Å². The van der Waals surface area contributed by atoms with Crippen LogP contribution in [-0.4, -0.2) is 50.0 Å². The van der Waals surface area contributed by atoms with Crippen LogP contribution in [0.25, 0.3) is 0 Å². The van der Waals surface area contributed by atoms with Crippen molar-refractivity contribution < 1.29 is 18.0 Å². The van der Waals surface area contributed by atoms with E-state index in [1.54, 1.807) is 4.90 Å². The molecule has 0 heterocycles. The van der Waals surface area contributed by atoms with Crippen LogP contribution in [0.3, 0.4) is 0 Å². The van der Waals surface area contributed by atoms with Crippen molar-refractivity contribution in [3.05, 3.63) is 100 Å². The molecule has 1 atom stereocenters. The molecule has 0 radical (unpaired) electrons. The second kappa shape index (κ2) is 16.2. The number of sulfonamides is 1. The van der Waals surface area contributed by atoms with Gasteiger partial charge in [0.2, 0.25) is 21.8 Å². The fourth-order valence-electron chi connectivity index (χ4n) is 5.79. The van der Waals surface area contributed by atoms with E-state index in [1.165, 1.54) is 17.0 Å². The molecule has 9 heteroatoms. The third-order valence-electron chi connectivity index (χ3n) is 8.27. The van der Waals surface area contributed by atoms with Crippen LogP contribution >= 0.6 is 15.9 Å². The molecule has 1 fully saturated rings. The lowest BCUT2D eigenvalue weighted by Crippen LogP contribution is -2.52. The summed E-state index contributed by atoms with van der Waals surface area (Å²) in [4.78, 5) is 29.7. The molecule has 0 aromatic heterocycles. The highest BCUT2D eigenvalue weighted by atomic mass is 79.9. The average molecular weight is 683 g/mol. The van der Waals surface area contributed by atoms with Gasteiger partial charge in [0.15, 0.2) is 0 Å². The first kappa shape index (κ1) is 33.7. The molecule has 0 aliphatic heterocycles. The lowest BCUT2D eigenvalue weighted by Gasteiger charge is -2.34. The zero-order chi connectivity index (χ0) is 31.5. The van der Waals surface area contributed by atoms with Crippen LogP contribution in [0.2, 0.25) is 0 Å². The SMILES string of the molecule is CCc1ccc(N(CCCC(=O)N(Cc2ccc(Br)cc2)[C@H](Cc2ccccc2)C(=O)NC2CCCCC2)S(C)(=O)=O)cc1. The van der Waals surface area contributed by atoms with Crippen LogP contribution in [0, 0.1) is 0 Å². The number of hydrogen-bond acceptors (Lipinski definition) is 4. The summed E-state index contributed by atoms with van der Waals surface area (Å²) < 4.78 is 27.7. The number of halogens is 1. The molecule has 0 spiro atoms. The van der Waals surface area contributed by atoms with Gasteiger partial charge in [-0.15, -0.1) is 0 Å². The van der Waals surface area contributed by atoms with Gasteiger partial charge in [-0.3, -0.25) is 13.9 Å². The average Bonchev–Trinajstić information content (AvgIpc) is 3.02. The third-order valence-corrected chi connectivity index (χ3v) is 10.00. The van der Waals surface area contributed by atoms with E-state index < -0.39 is 16.1 Å². The molecule has 0 unspecified atom stereocenters. The van der Waals surface area contributed by atoms with Crippen LogP contribution in [-0.2, 0) is 39.0 Å². The second-order valence-corrected chi connectivity index (χ2v) is 14.5. The van der Waals surface area contributed by atoms with Gasteiger partial charge in [-0.2, -0.15) is 0 Å². The zero-order valence-corrected chi connectivity index (χ0v) is 28.2. The van der Waals surface area contributed by atoms with E-state index in [0.717, 1.165) is 53.3 Å². The minimum Gasteiger partial charge on any atom is -0.352 e. The number of anilines is 1. The van der Waals surface area contributed by atoms with Crippen LogP contribution in [0.1, 0.15) is 68.6 Å². The topological polar surface area (TPSA) is 86.8 Å². The van der Waals surface area contributed by atoms with E-state index in [1.807, 2.05) is 78.9 Å². The first-order chi connectivity index (χ1) is 21.1. The maximum atomic E-state index is 14.1. The van der Waals surface area contributed by atoms with Crippen LogP contribution in [0.5, 0.6) is 0 Å². The van der Waals surface area contributed by atoms with Crippen molar-refractivity contribution in [2.45, 2.75) is 83.3 Å². The van der Waals surface area contributed by atoms with Crippen LogP contribution < -0.4 is 9.62 Å². The Morgan fingerprint density at radius 3 is 2.14 bits per heavy atom. The number of rotatable bonds is 14. The number of nitrogens with zero attached hydrogens (tertiary/aromatic N) is 2. The molecule has 1 saturated carbocycles. The standard InChI is InChI=1S/C35H44BrN3O4S/c1-3-27-18-22-32(23-19-27)39(44(2,42)43)24-10-15-34(40)38(26-29-16-20-30(36)21-17-29)33(25-28-11-6-4-7-12-28)35(41)37-31-13-8-5-9-14-31/h4,6-7,11-12,16-23,31,33H,3,5,8-10,13-15,24-26H2,1-2H3,(H,37,41)/t33-/m1/s1. The quantitative estimate of drug-likeness (QED) is 0.207. The fraction of sp³-hybridized carbons (Fsp3) is 0.429. The van der Waals surface area contributed by atoms with E-state index >= 15 is 0 Å². The summed E-state index contributed by atoms with van der Waals surface area (Å²) in [6.07, 6.45) is 8.13. The molecule has 2 amide bonds. The first-order valence-corrected chi connectivity index (χ1v) is 18.2. The van der Waals surface area contributed by atoms with Gasteiger partial charge < -0.3 is 10.2 Å². The number of hydrogen-bond donors (Lipinski definition) is 1. The number of carbonyl (C=O) groups excluding carboxylic acids is 2. The van der Waals surface area contributed by atoms with Gasteiger partial charge in [-0.25, -0.2) is 8.42 Å². The van der Waals surface area contributed by atoms with E-state index in [-0.39, 0.29) is 37.4 Å². The Balaban J connectivity index is 1.57. The predicted molar refractivity (Wildman–Crippen MR) is 181 cm³/mol. The lowest BCUT2D eigenvalue weighted by atomic mass is 9.94. The largest absolute Gasteiger partial charge is 0.352 e. The molecule has 7 nitrogen and oxygen atoms in total. The van der Waals surface area contributed by atoms with Crippen LogP contribution in [0.4, 0.5) is 5.69 Å². The summed E-state index contributed by atoms with van der Waals surface area (Å²) in [6, 6.07) is 24.4. The Hall–Kier alpha value is -3.17.